The lowest BCUT2D eigenvalue weighted by Crippen LogP contribution is -2.56. The first-order valence-corrected chi connectivity index (χ1v) is 9.72. The number of carboxylic acid groups (broad SMARTS) is 1. The topological polar surface area (TPSA) is 122 Å². The number of amides is 1. The number of carbonyl (C=O) groups excluding carboxylic acids is 1. The molecule has 0 saturated carbocycles. The van der Waals surface area contributed by atoms with Gasteiger partial charge in [0.05, 0.1) is 17.2 Å². The minimum atomic E-state index is -3.71. The van der Waals surface area contributed by atoms with E-state index >= 15 is 0 Å². The van der Waals surface area contributed by atoms with Gasteiger partial charge in [-0.05, 0) is 32.8 Å². The molecule has 1 spiro atoms. The monoisotopic (exact) mass is 370 g/mol. The SMILES string of the molecule is CCn1nc(C)cc1S(=O)(=O)N1CCC2(CC1)NC(=O)C[C@H]2C(=O)O. The van der Waals surface area contributed by atoms with Gasteiger partial charge in [0.2, 0.25) is 5.91 Å². The van der Waals surface area contributed by atoms with Gasteiger partial charge in [0, 0.05) is 26.1 Å². The van der Waals surface area contributed by atoms with E-state index in [-0.39, 0.29) is 43.3 Å². The normalized spacial score (nSPS) is 23.8. The number of hydrogen-bond donors (Lipinski definition) is 2. The highest BCUT2D eigenvalue weighted by Gasteiger charge is 2.52. The molecule has 0 unspecified atom stereocenters. The highest BCUT2D eigenvalue weighted by Crippen LogP contribution is 2.38. The molecule has 25 heavy (non-hydrogen) atoms. The van der Waals surface area contributed by atoms with E-state index in [0.717, 1.165) is 0 Å². The minimum Gasteiger partial charge on any atom is -0.481 e. The van der Waals surface area contributed by atoms with Crippen LogP contribution in [0.3, 0.4) is 0 Å². The average molecular weight is 370 g/mol. The summed E-state index contributed by atoms with van der Waals surface area (Å²) in [6, 6.07) is 1.54. The number of aliphatic carboxylic acids is 1. The Morgan fingerprint density at radius 2 is 2.08 bits per heavy atom. The highest BCUT2D eigenvalue weighted by atomic mass is 32.2. The van der Waals surface area contributed by atoms with Crippen LogP contribution >= 0.6 is 0 Å². The van der Waals surface area contributed by atoms with Gasteiger partial charge >= 0.3 is 5.97 Å². The molecule has 1 atom stereocenters. The van der Waals surface area contributed by atoms with Crippen molar-refractivity contribution in [1.82, 2.24) is 19.4 Å². The summed E-state index contributed by atoms with van der Waals surface area (Å²) in [6.45, 7) is 4.34. The molecule has 1 aromatic heterocycles. The molecule has 0 radical (unpaired) electrons. The van der Waals surface area contributed by atoms with Crippen molar-refractivity contribution in [2.45, 2.75) is 50.2 Å². The third kappa shape index (κ3) is 2.93. The van der Waals surface area contributed by atoms with E-state index in [2.05, 4.69) is 10.4 Å². The van der Waals surface area contributed by atoms with Crippen LogP contribution in [-0.2, 0) is 26.2 Å². The fraction of sp³-hybridized carbons (Fsp3) is 0.667. The van der Waals surface area contributed by atoms with Crippen LogP contribution < -0.4 is 5.32 Å². The molecular weight excluding hydrogens is 348 g/mol. The number of rotatable bonds is 4. The number of aromatic nitrogens is 2. The van der Waals surface area contributed by atoms with E-state index in [1.54, 1.807) is 13.0 Å². The molecule has 2 aliphatic rings. The van der Waals surface area contributed by atoms with E-state index < -0.39 is 27.4 Å². The molecule has 1 amide bonds. The molecule has 3 rings (SSSR count). The Morgan fingerprint density at radius 1 is 1.44 bits per heavy atom. The van der Waals surface area contributed by atoms with Gasteiger partial charge in [-0.1, -0.05) is 0 Å². The van der Waals surface area contributed by atoms with Gasteiger partial charge < -0.3 is 10.4 Å². The fourth-order valence-electron chi connectivity index (χ4n) is 3.81. The highest BCUT2D eigenvalue weighted by molar-refractivity contribution is 7.89. The van der Waals surface area contributed by atoms with Crippen LogP contribution in [0, 0.1) is 12.8 Å². The summed E-state index contributed by atoms with van der Waals surface area (Å²) in [5.41, 5.74) is -0.224. The van der Waals surface area contributed by atoms with Gasteiger partial charge in [-0.2, -0.15) is 9.40 Å². The van der Waals surface area contributed by atoms with Crippen molar-refractivity contribution in [2.24, 2.45) is 5.92 Å². The van der Waals surface area contributed by atoms with Crippen LogP contribution in [0.2, 0.25) is 0 Å². The zero-order valence-corrected chi connectivity index (χ0v) is 15.0. The second-order valence-electron chi connectivity index (χ2n) is 6.64. The first-order valence-electron chi connectivity index (χ1n) is 8.28. The van der Waals surface area contributed by atoms with Crippen LogP contribution in [0.15, 0.2) is 11.1 Å². The standard InChI is InChI=1S/C15H22N4O5S/c1-3-19-13(8-10(2)17-19)25(23,24)18-6-4-15(5-7-18)11(14(21)22)9-12(20)16-15/h8,11H,3-7,9H2,1-2H3,(H,16,20)(H,21,22)/t11-/m0/s1. The molecule has 2 fully saturated rings. The molecule has 2 N–H and O–H groups in total. The molecule has 138 valence electrons. The average Bonchev–Trinajstić information content (AvgIpc) is 3.08. The summed E-state index contributed by atoms with van der Waals surface area (Å²) >= 11 is 0. The van der Waals surface area contributed by atoms with Crippen molar-refractivity contribution >= 4 is 21.9 Å². The summed E-state index contributed by atoms with van der Waals surface area (Å²) in [7, 11) is -3.71. The third-order valence-corrected chi connectivity index (χ3v) is 7.03. The Labute approximate surface area is 146 Å². The van der Waals surface area contributed by atoms with Crippen molar-refractivity contribution in [1.29, 1.82) is 0 Å². The Bertz CT molecular complexity index is 808. The number of hydrogen-bond acceptors (Lipinski definition) is 5. The summed E-state index contributed by atoms with van der Waals surface area (Å²) in [5, 5.41) is 16.5. The molecule has 2 saturated heterocycles. The number of carbonyl (C=O) groups is 2. The summed E-state index contributed by atoms with van der Waals surface area (Å²) in [6.07, 6.45) is 0.520. The van der Waals surface area contributed by atoms with E-state index in [0.29, 0.717) is 12.2 Å². The van der Waals surface area contributed by atoms with Gasteiger partial charge in [0.15, 0.2) is 5.03 Å². The molecule has 0 bridgehead atoms. The molecule has 9 nitrogen and oxygen atoms in total. The third-order valence-electron chi connectivity index (χ3n) is 5.13. The Kier molecular flexibility index (Phi) is 4.36. The Hall–Kier alpha value is -1.94. The van der Waals surface area contributed by atoms with Gasteiger partial charge in [-0.15, -0.1) is 0 Å². The second kappa shape index (κ2) is 6.10. The second-order valence-corrected chi connectivity index (χ2v) is 8.53. The largest absolute Gasteiger partial charge is 0.481 e. The number of sulfonamides is 1. The van der Waals surface area contributed by atoms with Crippen molar-refractivity contribution < 1.29 is 23.1 Å². The van der Waals surface area contributed by atoms with Crippen LogP contribution in [0.4, 0.5) is 0 Å². The number of nitrogens with zero attached hydrogens (tertiary/aromatic N) is 3. The summed E-state index contributed by atoms with van der Waals surface area (Å²) < 4.78 is 28.7. The van der Waals surface area contributed by atoms with Crippen molar-refractivity contribution in [2.75, 3.05) is 13.1 Å². The van der Waals surface area contributed by atoms with Crippen LogP contribution in [0.25, 0.3) is 0 Å². The van der Waals surface area contributed by atoms with E-state index in [1.165, 1.54) is 8.99 Å². The van der Waals surface area contributed by atoms with Gasteiger partial charge in [-0.3, -0.25) is 14.3 Å². The van der Waals surface area contributed by atoms with Crippen LogP contribution in [0.5, 0.6) is 0 Å². The summed E-state index contributed by atoms with van der Waals surface area (Å²) in [4.78, 5) is 23.2. The van der Waals surface area contributed by atoms with Crippen LogP contribution in [0.1, 0.15) is 31.9 Å². The molecule has 10 heteroatoms. The maximum Gasteiger partial charge on any atom is 0.309 e. The predicted molar refractivity (Wildman–Crippen MR) is 87.2 cm³/mol. The number of piperidine rings is 1. The lowest BCUT2D eigenvalue weighted by molar-refractivity contribution is -0.144. The number of aryl methyl sites for hydroxylation is 2. The number of carboxylic acids is 1. The fourth-order valence-corrected chi connectivity index (χ4v) is 5.49. The molecule has 0 aromatic carbocycles. The lowest BCUT2D eigenvalue weighted by Gasteiger charge is -2.40. The van der Waals surface area contributed by atoms with E-state index in [4.69, 9.17) is 0 Å². The smallest absolute Gasteiger partial charge is 0.309 e. The number of nitrogens with one attached hydrogen (secondary N) is 1. The Balaban J connectivity index is 1.82. The van der Waals surface area contributed by atoms with Crippen molar-refractivity contribution in [3.63, 3.8) is 0 Å². The first-order chi connectivity index (χ1) is 11.7. The quantitative estimate of drug-likeness (QED) is 0.767. The molecule has 0 aliphatic carbocycles. The Morgan fingerprint density at radius 3 is 2.64 bits per heavy atom. The first kappa shape index (κ1) is 17.9. The van der Waals surface area contributed by atoms with Crippen LogP contribution in [-0.4, -0.2) is 58.1 Å². The summed E-state index contributed by atoms with van der Waals surface area (Å²) in [5.74, 6) is -2.12. The molecule has 2 aliphatic heterocycles. The molecular formula is C15H22N4O5S. The lowest BCUT2D eigenvalue weighted by atomic mass is 9.78. The minimum absolute atomic E-state index is 0.0517. The van der Waals surface area contributed by atoms with E-state index in [1.807, 2.05) is 6.92 Å². The van der Waals surface area contributed by atoms with Gasteiger partial charge in [0.25, 0.3) is 10.0 Å². The zero-order chi connectivity index (χ0) is 18.4. The van der Waals surface area contributed by atoms with Crippen molar-refractivity contribution in [3.05, 3.63) is 11.8 Å². The van der Waals surface area contributed by atoms with Gasteiger partial charge in [0.1, 0.15) is 0 Å². The maximum absolute atomic E-state index is 12.9. The molecule has 3 heterocycles. The molecule has 1 aromatic rings. The van der Waals surface area contributed by atoms with Crippen molar-refractivity contribution in [3.8, 4) is 0 Å². The predicted octanol–water partition coefficient (Wildman–Crippen LogP) is -0.0446. The van der Waals surface area contributed by atoms with E-state index in [9.17, 15) is 23.1 Å². The van der Waals surface area contributed by atoms with Gasteiger partial charge in [-0.25, -0.2) is 8.42 Å². The zero-order valence-electron chi connectivity index (χ0n) is 14.2. The maximum atomic E-state index is 12.9.